The number of halogens is 1. The van der Waals surface area contributed by atoms with Gasteiger partial charge in [0.05, 0.1) is 23.0 Å². The van der Waals surface area contributed by atoms with Gasteiger partial charge in [0.15, 0.2) is 0 Å². The van der Waals surface area contributed by atoms with E-state index in [1.165, 1.54) is 4.31 Å². The monoisotopic (exact) mass is 325 g/mol. The third kappa shape index (κ3) is 2.13. The van der Waals surface area contributed by atoms with Crippen molar-refractivity contribution in [2.75, 3.05) is 4.31 Å². The highest BCUT2D eigenvalue weighted by atomic mass is 35.5. The maximum atomic E-state index is 13.1. The summed E-state index contributed by atoms with van der Waals surface area (Å²) >= 11 is 5.83. The fourth-order valence-corrected chi connectivity index (χ4v) is 5.21. The van der Waals surface area contributed by atoms with Gasteiger partial charge < -0.3 is 0 Å². The molecule has 5 nitrogen and oxygen atoms in total. The van der Waals surface area contributed by atoms with Crippen LogP contribution < -0.4 is 4.31 Å². The largest absolute Gasteiger partial charge is 0.281 e. The Hall–Kier alpha value is -1.53. The van der Waals surface area contributed by atoms with Gasteiger partial charge in [0.2, 0.25) is 0 Å². The summed E-state index contributed by atoms with van der Waals surface area (Å²) in [5.74, 6) is 0.0583. The van der Waals surface area contributed by atoms with Crippen molar-refractivity contribution in [1.82, 2.24) is 10.2 Å². The Morgan fingerprint density at radius 1 is 1.43 bits per heavy atom. The van der Waals surface area contributed by atoms with Crippen molar-refractivity contribution < 1.29 is 8.42 Å². The summed E-state index contributed by atoms with van der Waals surface area (Å²) in [6.07, 6.45) is 0.711. The van der Waals surface area contributed by atoms with Gasteiger partial charge in [0.1, 0.15) is 4.90 Å². The number of aromatic amines is 1. The molecular weight excluding hydrogens is 310 g/mol. The molecule has 0 saturated carbocycles. The molecule has 0 amide bonds. The lowest BCUT2D eigenvalue weighted by Gasteiger charge is -2.24. The van der Waals surface area contributed by atoms with Crippen LogP contribution in [0.5, 0.6) is 0 Å². The molecule has 0 bridgehead atoms. The van der Waals surface area contributed by atoms with Crippen molar-refractivity contribution in [2.24, 2.45) is 0 Å². The lowest BCUT2D eigenvalue weighted by atomic mass is 10.1. The highest BCUT2D eigenvalue weighted by molar-refractivity contribution is 7.93. The Morgan fingerprint density at radius 3 is 2.86 bits per heavy atom. The van der Waals surface area contributed by atoms with E-state index >= 15 is 0 Å². The predicted octanol–water partition coefficient (Wildman–Crippen LogP) is 2.60. The Bertz CT molecular complexity index is 785. The minimum atomic E-state index is -3.68. The number of nitrogens with one attached hydrogen (secondary N) is 1. The second-order valence-electron chi connectivity index (χ2n) is 5.24. The summed E-state index contributed by atoms with van der Waals surface area (Å²) in [4.78, 5) is 0.195. The summed E-state index contributed by atoms with van der Waals surface area (Å²) < 4.78 is 27.6. The Labute approximate surface area is 129 Å². The molecule has 0 spiro atoms. The molecule has 3 rings (SSSR count). The van der Waals surface area contributed by atoms with Gasteiger partial charge in [-0.25, -0.2) is 8.42 Å². The van der Waals surface area contributed by atoms with Crippen LogP contribution in [0.4, 0.5) is 5.69 Å². The van der Waals surface area contributed by atoms with E-state index in [4.69, 9.17) is 11.6 Å². The van der Waals surface area contributed by atoms with Gasteiger partial charge in [0.25, 0.3) is 10.0 Å². The van der Waals surface area contributed by atoms with Crippen LogP contribution in [-0.2, 0) is 22.3 Å². The molecule has 0 aliphatic carbocycles. The lowest BCUT2D eigenvalue weighted by Crippen LogP contribution is -2.36. The number of benzene rings is 1. The summed E-state index contributed by atoms with van der Waals surface area (Å²) in [5, 5.41) is 6.71. The van der Waals surface area contributed by atoms with E-state index in [1.807, 2.05) is 31.2 Å². The zero-order valence-corrected chi connectivity index (χ0v) is 13.4. The molecule has 2 aromatic rings. The van der Waals surface area contributed by atoms with Gasteiger partial charge in [0, 0.05) is 6.04 Å². The molecule has 1 aromatic heterocycles. The van der Waals surface area contributed by atoms with E-state index in [1.54, 1.807) is 6.92 Å². The number of anilines is 1. The zero-order chi connectivity index (χ0) is 15.2. The standard InChI is InChI=1S/C14H16ClN3O2S/c1-9-7-11-5-3-4-6-13(11)18(9)21(19,20)14-10(2)16-17-12(14)8-15/h3-6,9H,7-8H2,1-2H3,(H,16,17). The Balaban J connectivity index is 2.17. The summed E-state index contributed by atoms with van der Waals surface area (Å²) in [6.45, 7) is 3.61. The van der Waals surface area contributed by atoms with Crippen molar-refractivity contribution in [3.05, 3.63) is 41.2 Å². The molecule has 1 aliphatic rings. The topological polar surface area (TPSA) is 66.1 Å². The average molecular weight is 326 g/mol. The third-order valence-corrected chi connectivity index (χ3v) is 6.13. The number of hydrogen-bond donors (Lipinski definition) is 1. The smallest absolute Gasteiger partial charge is 0.268 e. The summed E-state index contributed by atoms with van der Waals surface area (Å²) in [5.41, 5.74) is 2.67. The minimum absolute atomic E-state index is 0.0583. The molecule has 1 aromatic carbocycles. The second kappa shape index (κ2) is 5.03. The molecule has 0 fully saturated rings. The highest BCUT2D eigenvalue weighted by Crippen LogP contribution is 2.37. The summed E-state index contributed by atoms with van der Waals surface area (Å²) in [7, 11) is -3.68. The maximum Gasteiger partial charge on any atom is 0.268 e. The zero-order valence-electron chi connectivity index (χ0n) is 11.8. The fourth-order valence-electron chi connectivity index (χ4n) is 2.90. The van der Waals surface area contributed by atoms with Crippen LogP contribution in [0, 0.1) is 6.92 Å². The normalized spacial score (nSPS) is 18.0. The number of hydrogen-bond acceptors (Lipinski definition) is 3. The average Bonchev–Trinajstić information content (AvgIpc) is 2.98. The van der Waals surface area contributed by atoms with Crippen molar-refractivity contribution >= 4 is 27.3 Å². The fraction of sp³-hybridized carbons (Fsp3) is 0.357. The lowest BCUT2D eigenvalue weighted by molar-refractivity contribution is 0.583. The van der Waals surface area contributed by atoms with Gasteiger partial charge in [-0.05, 0) is 31.9 Å². The van der Waals surface area contributed by atoms with Crippen molar-refractivity contribution in [3.63, 3.8) is 0 Å². The first-order chi connectivity index (χ1) is 9.96. The number of nitrogens with zero attached hydrogens (tertiary/aromatic N) is 2. The van der Waals surface area contributed by atoms with Crippen LogP contribution in [0.25, 0.3) is 0 Å². The molecule has 0 saturated heterocycles. The van der Waals surface area contributed by atoms with E-state index in [9.17, 15) is 8.42 Å². The molecule has 1 atom stereocenters. The maximum absolute atomic E-state index is 13.1. The van der Waals surface area contributed by atoms with E-state index in [2.05, 4.69) is 10.2 Å². The van der Waals surface area contributed by atoms with Crippen LogP contribution in [0.15, 0.2) is 29.2 Å². The number of sulfonamides is 1. The number of H-pyrrole nitrogens is 1. The Morgan fingerprint density at radius 2 is 2.14 bits per heavy atom. The number of alkyl halides is 1. The van der Waals surface area contributed by atoms with Gasteiger partial charge in [-0.1, -0.05) is 18.2 Å². The summed E-state index contributed by atoms with van der Waals surface area (Å²) in [6, 6.07) is 7.46. The van der Waals surface area contributed by atoms with Gasteiger partial charge in [-0.15, -0.1) is 11.6 Å². The SMILES string of the molecule is Cc1[nH]nc(CCl)c1S(=O)(=O)N1c2ccccc2CC1C. The molecule has 1 N–H and O–H groups in total. The number of fused-ring (bicyclic) bond motifs is 1. The molecule has 1 unspecified atom stereocenters. The molecule has 21 heavy (non-hydrogen) atoms. The van der Waals surface area contributed by atoms with Gasteiger partial charge in [-0.3, -0.25) is 9.40 Å². The van der Waals surface area contributed by atoms with Gasteiger partial charge >= 0.3 is 0 Å². The van der Waals surface area contributed by atoms with Crippen molar-refractivity contribution in [1.29, 1.82) is 0 Å². The van der Waals surface area contributed by atoms with Crippen LogP contribution >= 0.6 is 11.6 Å². The van der Waals surface area contributed by atoms with E-state index in [-0.39, 0.29) is 16.8 Å². The first-order valence-corrected chi connectivity index (χ1v) is 8.66. The van der Waals surface area contributed by atoms with Crippen molar-refractivity contribution in [2.45, 2.75) is 37.1 Å². The second-order valence-corrected chi connectivity index (χ2v) is 7.26. The molecule has 0 radical (unpaired) electrons. The minimum Gasteiger partial charge on any atom is -0.281 e. The quantitative estimate of drug-likeness (QED) is 0.882. The third-order valence-electron chi connectivity index (χ3n) is 3.75. The first-order valence-electron chi connectivity index (χ1n) is 6.69. The molecule has 112 valence electrons. The van der Waals surface area contributed by atoms with Crippen molar-refractivity contribution in [3.8, 4) is 0 Å². The van der Waals surface area contributed by atoms with Crippen LogP contribution in [0.2, 0.25) is 0 Å². The van der Waals surface area contributed by atoms with Crippen LogP contribution in [-0.4, -0.2) is 24.7 Å². The number of para-hydroxylation sites is 1. The van der Waals surface area contributed by atoms with Crippen LogP contribution in [0.1, 0.15) is 23.9 Å². The number of aryl methyl sites for hydroxylation is 1. The van der Waals surface area contributed by atoms with Gasteiger partial charge in [-0.2, -0.15) is 5.10 Å². The van der Waals surface area contributed by atoms with Crippen LogP contribution in [0.3, 0.4) is 0 Å². The van der Waals surface area contributed by atoms with E-state index in [0.717, 1.165) is 11.3 Å². The predicted molar refractivity (Wildman–Crippen MR) is 82.2 cm³/mol. The number of aromatic nitrogens is 2. The number of rotatable bonds is 3. The highest BCUT2D eigenvalue weighted by Gasteiger charge is 2.38. The Kier molecular flexibility index (Phi) is 3.45. The van der Waals surface area contributed by atoms with E-state index < -0.39 is 10.0 Å². The first kappa shape index (κ1) is 14.4. The molecule has 7 heteroatoms. The molecule has 2 heterocycles. The molecule has 1 aliphatic heterocycles. The molecular formula is C14H16ClN3O2S. The van der Waals surface area contributed by atoms with E-state index in [0.29, 0.717) is 17.8 Å².